The van der Waals surface area contributed by atoms with Gasteiger partial charge in [0.05, 0.1) is 28.4 Å². The highest BCUT2D eigenvalue weighted by Crippen LogP contribution is 2.38. The van der Waals surface area contributed by atoms with E-state index < -0.39 is 5.97 Å². The van der Waals surface area contributed by atoms with Gasteiger partial charge in [-0.15, -0.1) is 0 Å². The predicted molar refractivity (Wildman–Crippen MR) is 68.3 cm³/mol. The van der Waals surface area contributed by atoms with Gasteiger partial charge in [-0.2, -0.15) is 0 Å². The van der Waals surface area contributed by atoms with Crippen molar-refractivity contribution >= 4 is 40.8 Å². The maximum atomic E-state index is 11.5. The van der Waals surface area contributed by atoms with E-state index in [4.69, 9.17) is 39.2 Å². The maximum absolute atomic E-state index is 11.5. The molecular weight excluding hydrogens is 300 g/mol. The molecule has 0 aliphatic rings. The van der Waals surface area contributed by atoms with Crippen molar-refractivity contribution in [2.24, 2.45) is 0 Å². The number of methoxy groups -OCH3 is 1. The van der Waals surface area contributed by atoms with Crippen molar-refractivity contribution in [3.05, 3.63) is 39.2 Å². The van der Waals surface area contributed by atoms with E-state index in [1.165, 1.54) is 13.4 Å². The molecular formula is C11H6Cl3NO3. The lowest BCUT2D eigenvalue weighted by atomic mass is 10.2. The molecule has 0 amide bonds. The van der Waals surface area contributed by atoms with Gasteiger partial charge in [0.2, 0.25) is 0 Å². The fourth-order valence-electron chi connectivity index (χ4n) is 1.32. The Labute approximate surface area is 117 Å². The first-order valence-electron chi connectivity index (χ1n) is 4.73. The summed E-state index contributed by atoms with van der Waals surface area (Å²) in [5, 5.41) is 0.0909. The molecule has 94 valence electrons. The predicted octanol–water partition coefficient (Wildman–Crippen LogP) is 4.09. The maximum Gasteiger partial charge on any atom is 0.358 e. The van der Waals surface area contributed by atoms with E-state index in [1.807, 2.05) is 0 Å². The summed E-state index contributed by atoms with van der Waals surface area (Å²) in [6.07, 6.45) is 1.45. The van der Waals surface area contributed by atoms with Crippen LogP contribution < -0.4 is 0 Å². The monoisotopic (exact) mass is 305 g/mol. The molecule has 18 heavy (non-hydrogen) atoms. The number of pyridine rings is 1. The van der Waals surface area contributed by atoms with Crippen molar-refractivity contribution in [3.63, 3.8) is 0 Å². The number of furan rings is 1. The highest BCUT2D eigenvalue weighted by molar-refractivity contribution is 6.49. The fraction of sp³-hybridized carbons (Fsp3) is 0.0909. The minimum Gasteiger partial charge on any atom is -0.464 e. The first-order valence-corrected chi connectivity index (χ1v) is 5.86. The molecule has 0 spiro atoms. The summed E-state index contributed by atoms with van der Waals surface area (Å²) in [5.74, 6) is -0.324. The zero-order valence-electron chi connectivity index (χ0n) is 9.04. The van der Waals surface area contributed by atoms with E-state index in [0.717, 1.165) is 0 Å². The number of esters is 1. The summed E-state index contributed by atoms with van der Waals surface area (Å²) in [6, 6.07) is 3.30. The van der Waals surface area contributed by atoms with E-state index in [9.17, 15) is 4.79 Å². The Balaban J connectivity index is 2.69. The van der Waals surface area contributed by atoms with Crippen molar-refractivity contribution in [2.45, 2.75) is 0 Å². The highest BCUT2D eigenvalue weighted by atomic mass is 35.5. The second-order valence-corrected chi connectivity index (χ2v) is 4.35. The zero-order valence-corrected chi connectivity index (χ0v) is 11.3. The number of rotatable bonds is 2. The molecule has 0 unspecified atom stereocenters. The molecule has 7 heteroatoms. The van der Waals surface area contributed by atoms with Crippen LogP contribution in [-0.4, -0.2) is 18.1 Å². The van der Waals surface area contributed by atoms with Crippen LogP contribution in [0.3, 0.4) is 0 Å². The molecule has 0 N–H and O–H groups in total. The summed E-state index contributed by atoms with van der Waals surface area (Å²) in [6.45, 7) is 0. The van der Waals surface area contributed by atoms with Crippen molar-refractivity contribution in [1.29, 1.82) is 0 Å². The quantitative estimate of drug-likeness (QED) is 0.784. The summed E-state index contributed by atoms with van der Waals surface area (Å²) < 4.78 is 9.73. The van der Waals surface area contributed by atoms with E-state index in [2.05, 4.69) is 9.72 Å². The molecule has 0 saturated carbocycles. The van der Waals surface area contributed by atoms with Crippen LogP contribution in [0.5, 0.6) is 0 Å². The zero-order chi connectivity index (χ0) is 13.3. The molecule has 2 rings (SSSR count). The first-order chi connectivity index (χ1) is 8.56. The molecule has 2 heterocycles. The topological polar surface area (TPSA) is 52.3 Å². The van der Waals surface area contributed by atoms with Crippen LogP contribution >= 0.6 is 34.8 Å². The second kappa shape index (κ2) is 5.18. The van der Waals surface area contributed by atoms with Crippen LogP contribution in [-0.2, 0) is 4.74 Å². The van der Waals surface area contributed by atoms with Gasteiger partial charge in [0.25, 0.3) is 0 Å². The van der Waals surface area contributed by atoms with Crippen molar-refractivity contribution < 1.29 is 13.9 Å². The molecule has 0 atom stereocenters. The molecule has 0 saturated heterocycles. The van der Waals surface area contributed by atoms with Crippen LogP contribution in [0, 0.1) is 0 Å². The SMILES string of the molecule is COC(=O)c1nc(-c2ccco2)c(Cl)c(Cl)c1Cl. The second-order valence-electron chi connectivity index (χ2n) is 3.22. The van der Waals surface area contributed by atoms with Gasteiger partial charge in [0.1, 0.15) is 5.69 Å². The molecule has 0 aliphatic heterocycles. The number of ether oxygens (including phenoxy) is 1. The standard InChI is InChI=1S/C11H6Cl3NO3/c1-17-11(16)10-8(14)6(12)7(13)9(15-10)5-3-2-4-18-5/h2-4H,1H3. The minimum absolute atomic E-state index is 0.0279. The Morgan fingerprint density at radius 1 is 1.28 bits per heavy atom. The van der Waals surface area contributed by atoms with Crippen LogP contribution in [0.1, 0.15) is 10.5 Å². The average Bonchev–Trinajstić information content (AvgIpc) is 2.89. The van der Waals surface area contributed by atoms with Crippen LogP contribution in [0.2, 0.25) is 15.1 Å². The first kappa shape index (κ1) is 13.2. The molecule has 2 aromatic heterocycles. The Hall–Kier alpha value is -1.23. The van der Waals surface area contributed by atoms with Gasteiger partial charge >= 0.3 is 5.97 Å². The van der Waals surface area contributed by atoms with Crippen molar-refractivity contribution in [1.82, 2.24) is 4.98 Å². The van der Waals surface area contributed by atoms with E-state index in [-0.39, 0.29) is 26.5 Å². The third-order valence-electron chi connectivity index (χ3n) is 2.16. The number of halogens is 3. The van der Waals surface area contributed by atoms with E-state index in [0.29, 0.717) is 5.76 Å². The third-order valence-corrected chi connectivity index (χ3v) is 3.47. The van der Waals surface area contributed by atoms with Crippen molar-refractivity contribution in [3.8, 4) is 11.5 Å². The summed E-state index contributed by atoms with van der Waals surface area (Å²) >= 11 is 17.9. The Morgan fingerprint density at radius 2 is 2.00 bits per heavy atom. The van der Waals surface area contributed by atoms with Gasteiger partial charge in [-0.3, -0.25) is 0 Å². The largest absolute Gasteiger partial charge is 0.464 e. The van der Waals surface area contributed by atoms with Gasteiger partial charge < -0.3 is 9.15 Å². The van der Waals surface area contributed by atoms with Crippen LogP contribution in [0.15, 0.2) is 22.8 Å². The molecule has 2 aromatic rings. The summed E-state index contributed by atoms with van der Waals surface area (Å²) in [7, 11) is 1.22. The normalized spacial score (nSPS) is 10.4. The minimum atomic E-state index is -0.702. The Kier molecular flexibility index (Phi) is 3.80. The van der Waals surface area contributed by atoms with Gasteiger partial charge in [-0.25, -0.2) is 9.78 Å². The summed E-state index contributed by atoms with van der Waals surface area (Å²) in [5.41, 5.74) is 0.122. The Morgan fingerprint density at radius 3 is 2.56 bits per heavy atom. The molecule has 4 nitrogen and oxygen atoms in total. The van der Waals surface area contributed by atoms with Crippen LogP contribution in [0.4, 0.5) is 0 Å². The number of nitrogens with zero attached hydrogens (tertiary/aromatic N) is 1. The van der Waals surface area contributed by atoms with Crippen molar-refractivity contribution in [2.75, 3.05) is 7.11 Å². The van der Waals surface area contributed by atoms with Crippen LogP contribution in [0.25, 0.3) is 11.5 Å². The smallest absolute Gasteiger partial charge is 0.358 e. The van der Waals surface area contributed by atoms with Gasteiger partial charge in [-0.1, -0.05) is 34.8 Å². The van der Waals surface area contributed by atoms with E-state index in [1.54, 1.807) is 12.1 Å². The number of carbonyl (C=O) groups excluding carboxylic acids is 1. The molecule has 0 aromatic carbocycles. The number of aromatic nitrogens is 1. The molecule has 0 aliphatic carbocycles. The van der Waals surface area contributed by atoms with E-state index >= 15 is 0 Å². The Bertz CT molecular complexity index is 596. The average molecular weight is 307 g/mol. The third kappa shape index (κ3) is 2.19. The molecule has 0 radical (unpaired) electrons. The number of carbonyl (C=O) groups is 1. The molecule has 0 bridgehead atoms. The highest BCUT2D eigenvalue weighted by Gasteiger charge is 2.23. The van der Waals surface area contributed by atoms with Gasteiger partial charge in [0, 0.05) is 0 Å². The fourth-order valence-corrected chi connectivity index (χ4v) is 1.99. The lowest BCUT2D eigenvalue weighted by Gasteiger charge is -2.08. The number of hydrogen-bond acceptors (Lipinski definition) is 4. The lowest BCUT2D eigenvalue weighted by Crippen LogP contribution is -2.07. The van der Waals surface area contributed by atoms with Gasteiger partial charge in [0.15, 0.2) is 11.5 Å². The summed E-state index contributed by atoms with van der Waals surface area (Å²) in [4.78, 5) is 15.5. The lowest BCUT2D eigenvalue weighted by molar-refractivity contribution is 0.0594. The molecule has 0 fully saturated rings. The van der Waals surface area contributed by atoms with Gasteiger partial charge in [-0.05, 0) is 12.1 Å². The number of hydrogen-bond donors (Lipinski definition) is 0.